The molecule has 12 aliphatic rings. The quantitative estimate of drug-likeness (QED) is 0.277. The number of rotatable bonds is 4. The van der Waals surface area contributed by atoms with Crippen LogP contribution in [-0.2, 0) is 5.41 Å². The van der Waals surface area contributed by atoms with Crippen LogP contribution in [0.5, 0.6) is 0 Å². The lowest BCUT2D eigenvalue weighted by Gasteiger charge is -2.45. The van der Waals surface area contributed by atoms with Gasteiger partial charge in [-0.3, -0.25) is 0 Å². The molecule has 1 spiro atoms. The van der Waals surface area contributed by atoms with Crippen molar-refractivity contribution < 1.29 is 0 Å². The normalized spacial score (nSPS) is 32.9. The maximum atomic E-state index is 2.90. The minimum absolute atomic E-state index is 0.167. The highest BCUT2D eigenvalue weighted by atomic mass is 15.2. The molecule has 14 rings (SSSR count). The highest BCUT2D eigenvalue weighted by Crippen LogP contribution is 2.71. The van der Waals surface area contributed by atoms with Crippen molar-refractivity contribution >= 4 is 11.1 Å². The second kappa shape index (κ2) is 14.5. The molecule has 1 nitrogen and oxygen atoms in total. The van der Waals surface area contributed by atoms with Crippen molar-refractivity contribution in [1.82, 2.24) is 4.90 Å². The number of allylic oxidation sites excluding steroid dienone is 27. The lowest BCUT2D eigenvalue weighted by atomic mass is 9.61. The van der Waals surface area contributed by atoms with Gasteiger partial charge in [-0.15, -0.1) is 0 Å². The SMILES string of the molecule is CC1(C)C2=C(CCC(N(C3=CC=C(C4=CCCCC4)CC3)C3=CCCC4=C3C3(C5=CC6C7=C(CCC=C7)c7ccccc7C6C=C5C5C=CC=CC53)c3ccccc34)=C2)C2C=CCCC21. The summed E-state index contributed by atoms with van der Waals surface area (Å²) < 4.78 is 0. The Bertz CT molecular complexity index is 2940. The van der Waals surface area contributed by atoms with Crippen molar-refractivity contribution in [2.24, 2.45) is 35.0 Å². The first kappa shape index (κ1) is 38.8. The number of hydrogen-bond acceptors (Lipinski definition) is 1. The van der Waals surface area contributed by atoms with Gasteiger partial charge in [0.2, 0.25) is 0 Å². The van der Waals surface area contributed by atoms with Gasteiger partial charge in [-0.05, 0) is 186 Å². The van der Waals surface area contributed by atoms with Crippen LogP contribution in [0.2, 0.25) is 0 Å². The summed E-state index contributed by atoms with van der Waals surface area (Å²) in [6.45, 7) is 5.16. The molecule has 1 saturated carbocycles. The molecule has 2 aromatic carbocycles. The number of hydrogen-bond donors (Lipinski definition) is 0. The molecule has 7 atom stereocenters. The fourth-order valence-electron chi connectivity index (χ4n) is 16.1. The van der Waals surface area contributed by atoms with Gasteiger partial charge >= 0.3 is 0 Å². The summed E-state index contributed by atoms with van der Waals surface area (Å²) >= 11 is 0. The second-order valence-electron chi connectivity index (χ2n) is 22.0. The first-order chi connectivity index (χ1) is 32.0. The molecule has 0 aliphatic heterocycles. The predicted molar refractivity (Wildman–Crippen MR) is 269 cm³/mol. The van der Waals surface area contributed by atoms with E-state index in [1.165, 1.54) is 78.7 Å². The van der Waals surface area contributed by atoms with Gasteiger partial charge in [-0.1, -0.05) is 147 Å². The van der Waals surface area contributed by atoms with E-state index in [2.05, 4.69) is 158 Å². The molecule has 324 valence electrons. The van der Waals surface area contributed by atoms with Crippen molar-refractivity contribution in [1.29, 1.82) is 0 Å². The van der Waals surface area contributed by atoms with Gasteiger partial charge in [-0.25, -0.2) is 0 Å². The molecule has 1 fully saturated rings. The number of benzene rings is 2. The Morgan fingerprint density at radius 1 is 0.631 bits per heavy atom. The molecule has 2 aromatic rings. The highest BCUT2D eigenvalue weighted by molar-refractivity contribution is 5.91. The topological polar surface area (TPSA) is 3.24 Å². The lowest BCUT2D eigenvalue weighted by Crippen LogP contribution is -2.39. The monoisotopic (exact) mass is 845 g/mol. The van der Waals surface area contributed by atoms with Crippen LogP contribution in [0, 0.1) is 35.0 Å². The molecule has 0 saturated heterocycles. The van der Waals surface area contributed by atoms with Gasteiger partial charge < -0.3 is 4.90 Å². The first-order valence-electron chi connectivity index (χ1n) is 25.8. The van der Waals surface area contributed by atoms with Gasteiger partial charge in [0, 0.05) is 46.7 Å². The van der Waals surface area contributed by atoms with Gasteiger partial charge in [0.15, 0.2) is 0 Å². The first-order valence-corrected chi connectivity index (χ1v) is 25.8. The fraction of sp³-hybridized carbons (Fsp3) is 0.375. The summed E-state index contributed by atoms with van der Waals surface area (Å²) in [5.74, 6) is 2.62. The number of nitrogens with zero attached hydrogens (tertiary/aromatic N) is 1. The smallest absolute Gasteiger partial charge is 0.0552 e. The molecule has 12 aliphatic carbocycles. The maximum Gasteiger partial charge on any atom is 0.0552 e. The Hall–Kier alpha value is -5.40. The van der Waals surface area contributed by atoms with Crippen molar-refractivity contribution in [3.8, 4) is 0 Å². The highest BCUT2D eigenvalue weighted by Gasteiger charge is 2.62. The van der Waals surface area contributed by atoms with Crippen LogP contribution in [-0.4, -0.2) is 4.90 Å². The standard InChI is InChI=1S/C64H63N/c1-63(2)56-27-13-10-23-48(56)51-36-35-43(37-59(51)63)65(42-33-31-41(32-34-42)40-17-4-3-5-18-40)61-30-16-26-52-49-24-11-14-28-57(49)64(62(52)61)58-29-15-12-25-50(58)55-38-53-46-21-8-6-19-44(46)45-20-7-9-22-47(45)54(53)39-60(55)64/h6,8-12,14-15,17,19,21-25,28-31,33,37-39,48,50,53-54,56,58H,3-5,7,13,16,18,20,26-27,32,34-36H2,1-2H3. The summed E-state index contributed by atoms with van der Waals surface area (Å²) in [6, 6.07) is 19.2. The molecule has 0 aromatic heterocycles. The van der Waals surface area contributed by atoms with Gasteiger partial charge in [0.25, 0.3) is 0 Å². The van der Waals surface area contributed by atoms with E-state index >= 15 is 0 Å². The van der Waals surface area contributed by atoms with E-state index in [-0.39, 0.29) is 10.8 Å². The molecule has 0 heterocycles. The van der Waals surface area contributed by atoms with E-state index in [4.69, 9.17) is 0 Å². The molecule has 0 bridgehead atoms. The Balaban J connectivity index is 0.988. The van der Waals surface area contributed by atoms with E-state index in [0.29, 0.717) is 35.5 Å². The summed E-state index contributed by atoms with van der Waals surface area (Å²) in [7, 11) is 0. The van der Waals surface area contributed by atoms with Crippen LogP contribution in [0.15, 0.2) is 201 Å². The Morgan fingerprint density at radius 3 is 2.38 bits per heavy atom. The average molecular weight is 846 g/mol. The van der Waals surface area contributed by atoms with Crippen LogP contribution in [0.25, 0.3) is 11.1 Å². The van der Waals surface area contributed by atoms with Crippen LogP contribution in [0.4, 0.5) is 0 Å². The number of fused-ring (bicyclic) bond motifs is 16. The van der Waals surface area contributed by atoms with E-state index in [1.807, 2.05) is 0 Å². The van der Waals surface area contributed by atoms with Crippen molar-refractivity contribution in [2.45, 2.75) is 115 Å². The predicted octanol–water partition coefficient (Wildman–Crippen LogP) is 16.1. The molecule has 65 heavy (non-hydrogen) atoms. The Morgan fingerprint density at radius 2 is 1.49 bits per heavy atom. The summed E-state index contributed by atoms with van der Waals surface area (Å²) in [5.41, 5.74) is 26.6. The van der Waals surface area contributed by atoms with E-state index in [9.17, 15) is 0 Å². The minimum Gasteiger partial charge on any atom is -0.318 e. The van der Waals surface area contributed by atoms with Crippen LogP contribution >= 0.6 is 0 Å². The third kappa shape index (κ3) is 5.39. The van der Waals surface area contributed by atoms with Crippen molar-refractivity contribution in [2.75, 3.05) is 0 Å². The third-order valence-corrected chi connectivity index (χ3v) is 18.8. The molecule has 7 unspecified atom stereocenters. The summed E-state index contributed by atoms with van der Waals surface area (Å²) in [5, 5.41) is 0. The van der Waals surface area contributed by atoms with Gasteiger partial charge in [0.1, 0.15) is 0 Å². The lowest BCUT2D eigenvalue weighted by molar-refractivity contribution is 0.238. The fourth-order valence-corrected chi connectivity index (χ4v) is 16.1. The zero-order valence-electron chi connectivity index (χ0n) is 38.6. The third-order valence-electron chi connectivity index (χ3n) is 18.8. The second-order valence-corrected chi connectivity index (χ2v) is 22.0. The summed E-state index contributed by atoms with van der Waals surface area (Å²) in [6.07, 6.45) is 55.4. The molecule has 1 heteroatoms. The van der Waals surface area contributed by atoms with E-state index in [0.717, 1.165) is 44.9 Å². The molecular formula is C64H63N. The molecule has 0 radical (unpaired) electrons. The van der Waals surface area contributed by atoms with Crippen molar-refractivity contribution in [3.05, 3.63) is 224 Å². The largest absolute Gasteiger partial charge is 0.318 e. The van der Waals surface area contributed by atoms with E-state index < -0.39 is 0 Å². The van der Waals surface area contributed by atoms with Crippen molar-refractivity contribution in [3.63, 3.8) is 0 Å². The van der Waals surface area contributed by atoms with Gasteiger partial charge in [0.05, 0.1) is 5.41 Å². The van der Waals surface area contributed by atoms with E-state index in [1.54, 1.807) is 61.3 Å². The van der Waals surface area contributed by atoms with Gasteiger partial charge in [-0.2, -0.15) is 0 Å². The van der Waals surface area contributed by atoms with Crippen LogP contribution in [0.3, 0.4) is 0 Å². The average Bonchev–Trinajstić information content (AvgIpc) is 3.92. The zero-order valence-corrected chi connectivity index (χ0v) is 38.6. The Kier molecular flexibility index (Phi) is 8.69. The summed E-state index contributed by atoms with van der Waals surface area (Å²) in [4.78, 5) is 2.90. The van der Waals surface area contributed by atoms with Crippen LogP contribution in [0.1, 0.15) is 132 Å². The minimum atomic E-state index is -0.287. The molecule has 0 amide bonds. The molecule has 0 N–H and O–H groups in total. The Labute approximate surface area is 388 Å². The molecular weight excluding hydrogens is 783 g/mol. The maximum absolute atomic E-state index is 2.90. The zero-order chi connectivity index (χ0) is 43.0. The van der Waals surface area contributed by atoms with Crippen LogP contribution < -0.4 is 0 Å².